The van der Waals surface area contributed by atoms with Crippen LogP contribution in [0.25, 0.3) is 0 Å². The summed E-state index contributed by atoms with van der Waals surface area (Å²) in [4.78, 5) is 17.6. The number of aromatic amines is 1. The number of benzene rings is 1. The summed E-state index contributed by atoms with van der Waals surface area (Å²) in [6.45, 7) is 1.96. The maximum absolute atomic E-state index is 12.9. The molecule has 1 aromatic heterocycles. The summed E-state index contributed by atoms with van der Waals surface area (Å²) >= 11 is 1.52. The van der Waals surface area contributed by atoms with Gasteiger partial charge < -0.3 is 14.6 Å². The number of ether oxygens (including phenoxy) is 2. The van der Waals surface area contributed by atoms with E-state index in [9.17, 15) is 9.90 Å². The first kappa shape index (κ1) is 19.0. The second-order valence-electron chi connectivity index (χ2n) is 7.24. The van der Waals surface area contributed by atoms with Crippen LogP contribution < -0.4 is 15.0 Å². The number of fused-ring (bicyclic) bond motifs is 1. The molecular weight excluding hydrogens is 378 g/mol. The highest BCUT2D eigenvalue weighted by atomic mass is 32.2. The van der Waals surface area contributed by atoms with E-state index in [1.165, 1.54) is 45.2 Å². The molecule has 0 amide bonds. The van der Waals surface area contributed by atoms with E-state index >= 15 is 0 Å². The van der Waals surface area contributed by atoms with Crippen molar-refractivity contribution < 1.29 is 14.6 Å². The predicted molar refractivity (Wildman–Crippen MR) is 111 cm³/mol. The van der Waals surface area contributed by atoms with Gasteiger partial charge in [0.25, 0.3) is 5.56 Å². The van der Waals surface area contributed by atoms with Gasteiger partial charge in [0, 0.05) is 0 Å². The second-order valence-corrected chi connectivity index (χ2v) is 8.54. The highest BCUT2D eigenvalue weighted by Crippen LogP contribution is 2.48. The zero-order valence-corrected chi connectivity index (χ0v) is 17.1. The van der Waals surface area contributed by atoms with Crippen molar-refractivity contribution >= 4 is 22.6 Å². The van der Waals surface area contributed by atoms with Gasteiger partial charge in [-0.15, -0.1) is 0 Å². The molecule has 2 aliphatic rings. The van der Waals surface area contributed by atoms with Crippen LogP contribution in [0, 0.1) is 0 Å². The molecule has 0 saturated heterocycles. The summed E-state index contributed by atoms with van der Waals surface area (Å²) in [5, 5.41) is 13.9. The number of rotatable bonds is 4. The average molecular weight is 404 g/mol. The molecule has 2 N–H and O–H groups in total. The molecule has 0 spiro atoms. The van der Waals surface area contributed by atoms with E-state index in [0.717, 1.165) is 29.3 Å². The minimum atomic E-state index is -0.246. The third kappa shape index (κ3) is 3.19. The SMILES string of the molecule is COc1cc([C@@H]2SC(C)=Nc3c2c(=O)[nH]n3C2CCCCC2)cc(OC)c1O. The molecule has 1 saturated carbocycles. The van der Waals surface area contributed by atoms with Gasteiger partial charge in [0.2, 0.25) is 5.75 Å². The summed E-state index contributed by atoms with van der Waals surface area (Å²) < 4.78 is 12.6. The van der Waals surface area contributed by atoms with Crippen molar-refractivity contribution in [1.29, 1.82) is 0 Å². The van der Waals surface area contributed by atoms with Crippen LogP contribution in [0.15, 0.2) is 21.9 Å². The zero-order valence-electron chi connectivity index (χ0n) is 16.3. The van der Waals surface area contributed by atoms with Gasteiger partial charge in [-0.05, 0) is 37.5 Å². The molecule has 0 bridgehead atoms. The standard InChI is InChI=1S/C20H25N3O4S/c1-11-21-19-16(20(25)22-23(19)13-7-5-4-6-8-13)18(28-11)12-9-14(26-2)17(24)15(10-12)27-3/h9-10,13,18,24H,4-8H2,1-3H3,(H,22,25)/t18-/m0/s1. The Balaban J connectivity index is 1.84. The highest BCUT2D eigenvalue weighted by Gasteiger charge is 2.33. The predicted octanol–water partition coefficient (Wildman–Crippen LogP) is 4.29. The fourth-order valence-corrected chi connectivity index (χ4v) is 5.20. The molecule has 0 radical (unpaired) electrons. The summed E-state index contributed by atoms with van der Waals surface area (Å²) in [5.74, 6) is 1.32. The number of hydrogen-bond donors (Lipinski definition) is 2. The van der Waals surface area contributed by atoms with Crippen LogP contribution in [-0.2, 0) is 0 Å². The zero-order chi connectivity index (χ0) is 19.8. The molecule has 150 valence electrons. The molecule has 4 rings (SSSR count). The van der Waals surface area contributed by atoms with Gasteiger partial charge in [0.15, 0.2) is 17.3 Å². The van der Waals surface area contributed by atoms with Gasteiger partial charge in [-0.3, -0.25) is 14.6 Å². The number of H-pyrrole nitrogens is 1. The summed E-state index contributed by atoms with van der Waals surface area (Å²) in [7, 11) is 2.99. The molecule has 28 heavy (non-hydrogen) atoms. The fraction of sp³-hybridized carbons (Fsp3) is 0.500. The van der Waals surface area contributed by atoms with Crippen molar-refractivity contribution in [3.63, 3.8) is 0 Å². The van der Waals surface area contributed by atoms with Crippen LogP contribution in [-0.4, -0.2) is 34.2 Å². The quantitative estimate of drug-likeness (QED) is 0.795. The molecule has 1 fully saturated rings. The number of phenols is 1. The Hall–Kier alpha value is -2.35. The topological polar surface area (TPSA) is 88.8 Å². The number of nitrogens with zero attached hydrogens (tertiary/aromatic N) is 2. The first-order valence-electron chi connectivity index (χ1n) is 9.54. The van der Waals surface area contributed by atoms with E-state index in [2.05, 4.69) is 5.10 Å². The van der Waals surface area contributed by atoms with Crippen molar-refractivity contribution in [3.8, 4) is 17.2 Å². The first-order valence-corrected chi connectivity index (χ1v) is 10.4. The Morgan fingerprint density at radius 3 is 2.43 bits per heavy atom. The molecule has 1 aliphatic carbocycles. The number of aromatic hydroxyl groups is 1. The van der Waals surface area contributed by atoms with Crippen molar-refractivity contribution in [2.45, 2.75) is 50.3 Å². The Morgan fingerprint density at radius 1 is 1.18 bits per heavy atom. The number of aliphatic imine (C=N–C) groups is 1. The van der Waals surface area contributed by atoms with E-state index in [0.29, 0.717) is 17.1 Å². The van der Waals surface area contributed by atoms with E-state index in [1.54, 1.807) is 12.1 Å². The highest BCUT2D eigenvalue weighted by molar-refractivity contribution is 8.14. The number of methoxy groups -OCH3 is 2. The van der Waals surface area contributed by atoms with E-state index in [-0.39, 0.29) is 22.6 Å². The van der Waals surface area contributed by atoms with Crippen LogP contribution in [0.5, 0.6) is 17.2 Å². The third-order valence-electron chi connectivity index (χ3n) is 5.49. The monoisotopic (exact) mass is 403 g/mol. The Bertz CT molecular complexity index is 947. The summed E-state index contributed by atoms with van der Waals surface area (Å²) in [5.41, 5.74) is 1.37. The van der Waals surface area contributed by atoms with Crippen LogP contribution in [0.3, 0.4) is 0 Å². The minimum Gasteiger partial charge on any atom is -0.502 e. The van der Waals surface area contributed by atoms with Crippen molar-refractivity contribution in [1.82, 2.24) is 9.78 Å². The van der Waals surface area contributed by atoms with Gasteiger partial charge in [-0.2, -0.15) is 0 Å². The van der Waals surface area contributed by atoms with Crippen LogP contribution >= 0.6 is 11.8 Å². The molecule has 1 aromatic carbocycles. The van der Waals surface area contributed by atoms with Crippen LogP contribution in [0.1, 0.15) is 61.4 Å². The minimum absolute atomic E-state index is 0.0474. The normalized spacial score (nSPS) is 19.8. The lowest BCUT2D eigenvalue weighted by Crippen LogP contribution is -2.16. The molecule has 2 aromatic rings. The van der Waals surface area contributed by atoms with Gasteiger partial charge in [0.1, 0.15) is 0 Å². The van der Waals surface area contributed by atoms with Crippen molar-refractivity contribution in [2.75, 3.05) is 14.2 Å². The lowest BCUT2D eigenvalue weighted by atomic mass is 9.95. The smallest absolute Gasteiger partial charge is 0.271 e. The second kappa shape index (κ2) is 7.58. The number of aromatic nitrogens is 2. The van der Waals surface area contributed by atoms with E-state index in [1.807, 2.05) is 11.6 Å². The number of nitrogens with one attached hydrogen (secondary N) is 1. The van der Waals surface area contributed by atoms with Gasteiger partial charge in [0.05, 0.1) is 36.1 Å². The summed E-state index contributed by atoms with van der Waals surface area (Å²) in [6, 6.07) is 3.80. The molecule has 1 atom stereocenters. The summed E-state index contributed by atoms with van der Waals surface area (Å²) in [6.07, 6.45) is 5.71. The van der Waals surface area contributed by atoms with E-state index in [4.69, 9.17) is 14.5 Å². The lowest BCUT2D eigenvalue weighted by Gasteiger charge is -2.26. The van der Waals surface area contributed by atoms with Gasteiger partial charge >= 0.3 is 0 Å². The van der Waals surface area contributed by atoms with Gasteiger partial charge in [-0.25, -0.2) is 4.99 Å². The van der Waals surface area contributed by atoms with Crippen LogP contribution in [0.4, 0.5) is 5.82 Å². The maximum Gasteiger partial charge on any atom is 0.271 e. The molecule has 7 nitrogen and oxygen atoms in total. The lowest BCUT2D eigenvalue weighted by molar-refractivity contribution is 0.331. The van der Waals surface area contributed by atoms with E-state index < -0.39 is 0 Å². The molecular formula is C20H25N3O4S. The third-order valence-corrected chi connectivity index (χ3v) is 6.67. The average Bonchev–Trinajstić information content (AvgIpc) is 3.04. The fourth-order valence-electron chi connectivity index (χ4n) is 4.11. The van der Waals surface area contributed by atoms with Crippen molar-refractivity contribution in [2.24, 2.45) is 4.99 Å². The molecule has 1 aliphatic heterocycles. The maximum atomic E-state index is 12.9. The Labute approximate surface area is 167 Å². The number of hydrogen-bond acceptors (Lipinski definition) is 6. The molecule has 2 heterocycles. The Kier molecular flexibility index (Phi) is 5.14. The van der Waals surface area contributed by atoms with Crippen LogP contribution in [0.2, 0.25) is 0 Å². The molecule has 8 heteroatoms. The van der Waals surface area contributed by atoms with Gasteiger partial charge in [-0.1, -0.05) is 31.0 Å². The largest absolute Gasteiger partial charge is 0.502 e. The first-order chi connectivity index (χ1) is 13.5. The molecule has 0 unspecified atom stereocenters. The number of phenolic OH excluding ortho intramolecular Hbond substituents is 1. The Morgan fingerprint density at radius 2 is 1.82 bits per heavy atom. The van der Waals surface area contributed by atoms with Crippen molar-refractivity contribution in [3.05, 3.63) is 33.6 Å². The number of thioether (sulfide) groups is 1.